The standard InChI is InChI=1S/C11H22N2/c1-11(12-2)8-13-7-9-5-3-4-6-10(9)11/h9-10,12-13H,3-8H2,1-2H3. The fourth-order valence-corrected chi connectivity index (χ4v) is 3.21. The van der Waals surface area contributed by atoms with Gasteiger partial charge in [0.1, 0.15) is 0 Å². The van der Waals surface area contributed by atoms with Crippen molar-refractivity contribution in [2.75, 3.05) is 20.1 Å². The van der Waals surface area contributed by atoms with Crippen molar-refractivity contribution in [1.29, 1.82) is 0 Å². The Morgan fingerprint density at radius 3 is 2.85 bits per heavy atom. The van der Waals surface area contributed by atoms with Crippen molar-refractivity contribution in [2.24, 2.45) is 11.8 Å². The van der Waals surface area contributed by atoms with E-state index >= 15 is 0 Å². The molecule has 0 bridgehead atoms. The number of fused-ring (bicyclic) bond motifs is 1. The fourth-order valence-electron chi connectivity index (χ4n) is 3.21. The van der Waals surface area contributed by atoms with E-state index in [2.05, 4.69) is 24.6 Å². The molecule has 1 aliphatic carbocycles. The number of piperidine rings is 1. The van der Waals surface area contributed by atoms with E-state index < -0.39 is 0 Å². The molecule has 2 rings (SSSR count). The molecule has 0 radical (unpaired) electrons. The molecule has 0 aromatic carbocycles. The average Bonchev–Trinajstić information content (AvgIpc) is 2.19. The molecule has 2 fully saturated rings. The molecule has 13 heavy (non-hydrogen) atoms. The summed E-state index contributed by atoms with van der Waals surface area (Å²) in [6.45, 7) is 4.77. The summed E-state index contributed by atoms with van der Waals surface area (Å²) in [4.78, 5) is 0. The van der Waals surface area contributed by atoms with Gasteiger partial charge in [-0.1, -0.05) is 12.8 Å². The Bertz CT molecular complexity index is 179. The summed E-state index contributed by atoms with van der Waals surface area (Å²) in [5.74, 6) is 1.84. The van der Waals surface area contributed by atoms with Crippen LogP contribution in [0.5, 0.6) is 0 Å². The van der Waals surface area contributed by atoms with Crippen LogP contribution in [0, 0.1) is 11.8 Å². The molecular weight excluding hydrogens is 160 g/mol. The molecule has 2 nitrogen and oxygen atoms in total. The number of rotatable bonds is 1. The van der Waals surface area contributed by atoms with Crippen LogP contribution in [0.2, 0.25) is 0 Å². The molecular formula is C11H22N2. The summed E-state index contributed by atoms with van der Waals surface area (Å²) >= 11 is 0. The second-order valence-corrected chi connectivity index (χ2v) is 4.95. The second kappa shape index (κ2) is 3.58. The summed E-state index contributed by atoms with van der Waals surface area (Å²) in [6.07, 6.45) is 5.76. The SMILES string of the molecule is CNC1(C)CNCC2CCCCC21. The van der Waals surface area contributed by atoms with Crippen LogP contribution in [-0.2, 0) is 0 Å². The van der Waals surface area contributed by atoms with E-state index in [1.165, 1.54) is 32.2 Å². The van der Waals surface area contributed by atoms with Crippen molar-refractivity contribution in [3.8, 4) is 0 Å². The van der Waals surface area contributed by atoms with E-state index in [0.717, 1.165) is 18.4 Å². The van der Waals surface area contributed by atoms with Crippen molar-refractivity contribution in [3.05, 3.63) is 0 Å². The van der Waals surface area contributed by atoms with Gasteiger partial charge in [-0.15, -0.1) is 0 Å². The lowest BCUT2D eigenvalue weighted by Crippen LogP contribution is -2.62. The molecule has 2 aliphatic rings. The third-order valence-corrected chi connectivity index (χ3v) is 4.20. The van der Waals surface area contributed by atoms with Gasteiger partial charge in [-0.2, -0.15) is 0 Å². The molecule has 1 heterocycles. The monoisotopic (exact) mass is 182 g/mol. The Labute approximate surface area is 81.5 Å². The predicted molar refractivity (Wildman–Crippen MR) is 55.8 cm³/mol. The van der Waals surface area contributed by atoms with Gasteiger partial charge in [0.05, 0.1) is 0 Å². The maximum atomic E-state index is 3.56. The van der Waals surface area contributed by atoms with Gasteiger partial charge < -0.3 is 10.6 Å². The van der Waals surface area contributed by atoms with Gasteiger partial charge >= 0.3 is 0 Å². The molecule has 2 heteroatoms. The first-order valence-corrected chi connectivity index (χ1v) is 5.66. The Balaban J connectivity index is 2.11. The lowest BCUT2D eigenvalue weighted by atomic mass is 9.67. The van der Waals surface area contributed by atoms with E-state index in [1.807, 2.05) is 0 Å². The van der Waals surface area contributed by atoms with Gasteiger partial charge in [-0.3, -0.25) is 0 Å². The van der Waals surface area contributed by atoms with Crippen LogP contribution in [-0.4, -0.2) is 25.7 Å². The van der Waals surface area contributed by atoms with E-state index in [9.17, 15) is 0 Å². The molecule has 0 aromatic heterocycles. The highest BCUT2D eigenvalue weighted by molar-refractivity contribution is 5.00. The number of likely N-dealkylation sites (N-methyl/N-ethyl adjacent to an activating group) is 1. The smallest absolute Gasteiger partial charge is 0.0306 e. The molecule has 3 atom stereocenters. The quantitative estimate of drug-likeness (QED) is 0.640. The highest BCUT2D eigenvalue weighted by Crippen LogP contribution is 2.38. The topological polar surface area (TPSA) is 24.1 Å². The zero-order valence-corrected chi connectivity index (χ0v) is 8.90. The van der Waals surface area contributed by atoms with Gasteiger partial charge in [0, 0.05) is 12.1 Å². The lowest BCUT2D eigenvalue weighted by Gasteiger charge is -2.48. The second-order valence-electron chi connectivity index (χ2n) is 4.95. The first-order valence-electron chi connectivity index (χ1n) is 5.66. The molecule has 76 valence electrons. The van der Waals surface area contributed by atoms with Crippen LogP contribution < -0.4 is 10.6 Å². The molecule has 2 N–H and O–H groups in total. The largest absolute Gasteiger partial charge is 0.315 e. The van der Waals surface area contributed by atoms with Crippen molar-refractivity contribution >= 4 is 0 Å². The number of hydrogen-bond donors (Lipinski definition) is 2. The van der Waals surface area contributed by atoms with Crippen LogP contribution in [0.15, 0.2) is 0 Å². The Kier molecular flexibility index (Phi) is 2.61. The van der Waals surface area contributed by atoms with E-state index in [4.69, 9.17) is 0 Å². The van der Waals surface area contributed by atoms with E-state index in [0.29, 0.717) is 5.54 Å². The zero-order chi connectivity index (χ0) is 9.31. The summed E-state index contributed by atoms with van der Waals surface area (Å²) in [7, 11) is 2.11. The van der Waals surface area contributed by atoms with Gasteiger partial charge in [0.15, 0.2) is 0 Å². The maximum Gasteiger partial charge on any atom is 0.0306 e. The molecule has 1 saturated heterocycles. The van der Waals surface area contributed by atoms with Crippen LogP contribution in [0.3, 0.4) is 0 Å². The zero-order valence-electron chi connectivity index (χ0n) is 8.90. The number of nitrogens with one attached hydrogen (secondary N) is 2. The minimum absolute atomic E-state index is 0.351. The Morgan fingerprint density at radius 2 is 2.08 bits per heavy atom. The van der Waals surface area contributed by atoms with Crippen molar-refractivity contribution in [1.82, 2.24) is 10.6 Å². The third-order valence-electron chi connectivity index (χ3n) is 4.20. The van der Waals surface area contributed by atoms with Crippen LogP contribution in [0.1, 0.15) is 32.6 Å². The van der Waals surface area contributed by atoms with Crippen molar-refractivity contribution in [2.45, 2.75) is 38.1 Å². The van der Waals surface area contributed by atoms with Gasteiger partial charge in [-0.25, -0.2) is 0 Å². The van der Waals surface area contributed by atoms with Crippen molar-refractivity contribution in [3.63, 3.8) is 0 Å². The van der Waals surface area contributed by atoms with E-state index in [1.54, 1.807) is 0 Å². The summed E-state index contributed by atoms with van der Waals surface area (Å²) < 4.78 is 0. The molecule has 0 spiro atoms. The third kappa shape index (κ3) is 1.62. The predicted octanol–water partition coefficient (Wildman–Crippen LogP) is 1.37. The van der Waals surface area contributed by atoms with Crippen molar-refractivity contribution < 1.29 is 0 Å². The average molecular weight is 182 g/mol. The van der Waals surface area contributed by atoms with Gasteiger partial charge in [0.25, 0.3) is 0 Å². The minimum Gasteiger partial charge on any atom is -0.315 e. The fraction of sp³-hybridized carbons (Fsp3) is 1.00. The summed E-state index contributed by atoms with van der Waals surface area (Å²) in [5.41, 5.74) is 0.351. The first kappa shape index (κ1) is 9.47. The highest BCUT2D eigenvalue weighted by atomic mass is 15.0. The maximum absolute atomic E-state index is 3.56. The highest BCUT2D eigenvalue weighted by Gasteiger charge is 2.41. The molecule has 3 unspecified atom stereocenters. The normalized spacial score (nSPS) is 45.7. The van der Waals surface area contributed by atoms with Gasteiger partial charge in [-0.05, 0) is 45.2 Å². The number of hydrogen-bond acceptors (Lipinski definition) is 2. The van der Waals surface area contributed by atoms with Gasteiger partial charge in [0.2, 0.25) is 0 Å². The van der Waals surface area contributed by atoms with Crippen LogP contribution in [0.25, 0.3) is 0 Å². The molecule has 1 saturated carbocycles. The summed E-state index contributed by atoms with van der Waals surface area (Å²) in [5, 5.41) is 7.08. The molecule has 0 amide bonds. The lowest BCUT2D eigenvalue weighted by molar-refractivity contribution is 0.0819. The minimum atomic E-state index is 0.351. The summed E-state index contributed by atoms with van der Waals surface area (Å²) in [6, 6.07) is 0. The first-order chi connectivity index (χ1) is 6.26. The van der Waals surface area contributed by atoms with Crippen LogP contribution in [0.4, 0.5) is 0 Å². The molecule has 0 aromatic rings. The Hall–Kier alpha value is -0.0800. The van der Waals surface area contributed by atoms with Crippen LogP contribution >= 0.6 is 0 Å². The van der Waals surface area contributed by atoms with E-state index in [-0.39, 0.29) is 0 Å². The molecule has 1 aliphatic heterocycles. The Morgan fingerprint density at radius 1 is 1.31 bits per heavy atom.